The minimum atomic E-state index is -3.52. The first-order chi connectivity index (χ1) is 14.5. The van der Waals surface area contributed by atoms with Crippen molar-refractivity contribution < 1.29 is 8.42 Å². The number of rotatable bonds is 5. The molecule has 7 nitrogen and oxygen atoms in total. The molecule has 0 atom stereocenters. The second-order valence-corrected chi connectivity index (χ2v) is 10.4. The number of aromatic nitrogens is 1. The predicted molar refractivity (Wildman–Crippen MR) is 122 cm³/mol. The van der Waals surface area contributed by atoms with Crippen molar-refractivity contribution in [3.05, 3.63) is 52.8 Å². The summed E-state index contributed by atoms with van der Waals surface area (Å²) in [6, 6.07) is 9.83. The normalized spacial score (nSPS) is 18.8. The first-order valence-electron chi connectivity index (χ1n) is 10.3. The molecule has 0 unspecified atom stereocenters. The monoisotopic (exact) mass is 491 g/mol. The molecule has 0 amide bonds. The molecule has 0 radical (unpaired) electrons. The largest absolute Gasteiger partial charge is 0.367 e. The van der Waals surface area contributed by atoms with Crippen molar-refractivity contribution in [3.63, 3.8) is 0 Å². The van der Waals surface area contributed by atoms with Gasteiger partial charge in [-0.3, -0.25) is 9.99 Å². The predicted octanol–water partition coefficient (Wildman–Crippen LogP) is 3.17. The molecule has 2 aliphatic heterocycles. The summed E-state index contributed by atoms with van der Waals surface area (Å²) < 4.78 is 29.1. The van der Waals surface area contributed by atoms with Crippen LogP contribution in [0.15, 0.2) is 57.2 Å². The fourth-order valence-electron chi connectivity index (χ4n) is 3.83. The van der Waals surface area contributed by atoms with E-state index in [1.807, 2.05) is 41.6 Å². The Kier molecular flexibility index (Phi) is 6.70. The van der Waals surface area contributed by atoms with Gasteiger partial charge in [0.05, 0.1) is 25.0 Å². The lowest BCUT2D eigenvalue weighted by Gasteiger charge is -2.36. The van der Waals surface area contributed by atoms with E-state index in [4.69, 9.17) is 0 Å². The smallest absolute Gasteiger partial charge is 0.246 e. The van der Waals surface area contributed by atoms with Crippen LogP contribution in [0.3, 0.4) is 0 Å². The number of halogens is 1. The quantitative estimate of drug-likeness (QED) is 0.600. The molecule has 30 heavy (non-hydrogen) atoms. The van der Waals surface area contributed by atoms with E-state index >= 15 is 0 Å². The van der Waals surface area contributed by atoms with Gasteiger partial charge in [0, 0.05) is 43.0 Å². The minimum Gasteiger partial charge on any atom is -0.367 e. The van der Waals surface area contributed by atoms with Crippen LogP contribution in [0.4, 0.5) is 5.69 Å². The van der Waals surface area contributed by atoms with E-state index in [9.17, 15) is 8.42 Å². The molecular formula is C21H26BrN5O2S. The maximum absolute atomic E-state index is 13.2. The maximum atomic E-state index is 13.2. The lowest BCUT2D eigenvalue weighted by atomic mass is 10.2. The molecule has 4 rings (SSSR count). The summed E-state index contributed by atoms with van der Waals surface area (Å²) in [4.78, 5) is 6.56. The molecule has 0 spiro atoms. The molecule has 1 aromatic carbocycles. The van der Waals surface area contributed by atoms with E-state index in [1.54, 1.807) is 10.5 Å². The zero-order valence-corrected chi connectivity index (χ0v) is 19.2. The summed E-state index contributed by atoms with van der Waals surface area (Å²) in [5.74, 6) is 0. The Morgan fingerprint density at radius 3 is 2.33 bits per heavy atom. The summed E-state index contributed by atoms with van der Waals surface area (Å²) in [5.41, 5.74) is 1.79. The third-order valence-electron chi connectivity index (χ3n) is 5.53. The van der Waals surface area contributed by atoms with Crippen molar-refractivity contribution in [2.75, 3.05) is 44.2 Å². The Morgan fingerprint density at radius 2 is 1.63 bits per heavy atom. The van der Waals surface area contributed by atoms with E-state index in [1.165, 1.54) is 6.20 Å². The molecule has 1 aromatic heterocycles. The lowest BCUT2D eigenvalue weighted by molar-refractivity contribution is 0.271. The van der Waals surface area contributed by atoms with E-state index in [2.05, 4.69) is 30.9 Å². The van der Waals surface area contributed by atoms with Crippen LogP contribution >= 0.6 is 15.9 Å². The number of hydrazone groups is 1. The second kappa shape index (κ2) is 9.45. The third-order valence-corrected chi connectivity index (χ3v) is 7.98. The maximum Gasteiger partial charge on any atom is 0.246 e. The average Bonchev–Trinajstić information content (AvgIpc) is 2.80. The van der Waals surface area contributed by atoms with Crippen molar-refractivity contribution in [2.45, 2.75) is 24.2 Å². The van der Waals surface area contributed by atoms with Crippen LogP contribution in [0.2, 0.25) is 0 Å². The van der Waals surface area contributed by atoms with Gasteiger partial charge in [0.1, 0.15) is 4.90 Å². The van der Waals surface area contributed by atoms with Gasteiger partial charge in [0.2, 0.25) is 10.0 Å². The number of benzene rings is 1. The van der Waals surface area contributed by atoms with Crippen LogP contribution < -0.4 is 4.90 Å². The Labute approximate surface area is 186 Å². The standard InChI is InChI=1S/C21H26BrN5O2S/c22-19-6-4-18(5-7-19)16-24-26-14-12-25(13-15-26)20-8-9-23-17-21(20)30(28,29)27-10-2-1-3-11-27/h4-9,16-17H,1-3,10-15H2/b24-16+. The highest BCUT2D eigenvalue weighted by Crippen LogP contribution is 2.29. The van der Waals surface area contributed by atoms with Crippen molar-refractivity contribution in [1.29, 1.82) is 0 Å². The zero-order valence-electron chi connectivity index (χ0n) is 16.8. The molecule has 2 aliphatic rings. The second-order valence-electron chi connectivity index (χ2n) is 7.54. The highest BCUT2D eigenvalue weighted by atomic mass is 79.9. The molecule has 0 N–H and O–H groups in total. The van der Waals surface area contributed by atoms with E-state index < -0.39 is 10.0 Å². The van der Waals surface area contributed by atoms with Gasteiger partial charge in [-0.2, -0.15) is 9.41 Å². The van der Waals surface area contributed by atoms with Crippen LogP contribution in [-0.2, 0) is 10.0 Å². The van der Waals surface area contributed by atoms with Gasteiger partial charge in [-0.15, -0.1) is 0 Å². The van der Waals surface area contributed by atoms with Crippen molar-refractivity contribution in [2.24, 2.45) is 5.10 Å². The Morgan fingerprint density at radius 1 is 0.933 bits per heavy atom. The highest BCUT2D eigenvalue weighted by Gasteiger charge is 2.30. The number of piperazine rings is 1. The molecule has 2 saturated heterocycles. The highest BCUT2D eigenvalue weighted by molar-refractivity contribution is 9.10. The Balaban J connectivity index is 1.44. The number of piperidine rings is 1. The fourth-order valence-corrected chi connectivity index (χ4v) is 5.76. The summed E-state index contributed by atoms with van der Waals surface area (Å²) in [7, 11) is -3.52. The molecule has 0 saturated carbocycles. The minimum absolute atomic E-state index is 0.318. The number of pyridine rings is 1. The Hall–Kier alpha value is -1.97. The van der Waals surface area contributed by atoms with E-state index in [0.29, 0.717) is 31.1 Å². The molecule has 0 bridgehead atoms. The van der Waals surface area contributed by atoms with Gasteiger partial charge in [0.15, 0.2) is 0 Å². The molecule has 2 fully saturated rings. The van der Waals surface area contributed by atoms with Gasteiger partial charge < -0.3 is 4.90 Å². The number of hydrogen-bond donors (Lipinski definition) is 0. The average molecular weight is 492 g/mol. The number of hydrogen-bond acceptors (Lipinski definition) is 6. The third kappa shape index (κ3) is 4.84. The molecule has 9 heteroatoms. The van der Waals surface area contributed by atoms with Gasteiger partial charge in [-0.05, 0) is 36.6 Å². The summed E-state index contributed by atoms with van der Waals surface area (Å²) in [5, 5.41) is 6.61. The number of anilines is 1. The molecule has 0 aliphatic carbocycles. The van der Waals surface area contributed by atoms with E-state index in [-0.39, 0.29) is 0 Å². The zero-order chi connectivity index (χ0) is 21.0. The van der Waals surface area contributed by atoms with Gasteiger partial charge >= 0.3 is 0 Å². The van der Waals surface area contributed by atoms with Crippen molar-refractivity contribution in [1.82, 2.24) is 14.3 Å². The van der Waals surface area contributed by atoms with Gasteiger partial charge in [-0.1, -0.05) is 34.5 Å². The number of sulfonamides is 1. The lowest BCUT2D eigenvalue weighted by Crippen LogP contribution is -2.45. The molecule has 160 valence electrons. The van der Waals surface area contributed by atoms with Crippen LogP contribution in [0, 0.1) is 0 Å². The molecule has 3 heterocycles. The van der Waals surface area contributed by atoms with Crippen LogP contribution in [0.25, 0.3) is 0 Å². The fraction of sp³-hybridized carbons (Fsp3) is 0.429. The Bertz CT molecular complexity index is 983. The van der Waals surface area contributed by atoms with E-state index in [0.717, 1.165) is 48.1 Å². The SMILES string of the molecule is O=S(=O)(c1cnccc1N1CCN(/N=C/c2ccc(Br)cc2)CC1)N1CCCCC1. The molecular weight excluding hydrogens is 466 g/mol. The van der Waals surface area contributed by atoms with Crippen molar-refractivity contribution >= 4 is 37.9 Å². The number of nitrogens with zero attached hydrogens (tertiary/aromatic N) is 5. The molecule has 2 aromatic rings. The first-order valence-corrected chi connectivity index (χ1v) is 12.5. The first kappa shape index (κ1) is 21.3. The summed E-state index contributed by atoms with van der Waals surface area (Å²) in [6.07, 6.45) is 7.96. The summed E-state index contributed by atoms with van der Waals surface area (Å²) in [6.45, 7) is 4.08. The van der Waals surface area contributed by atoms with Crippen LogP contribution in [-0.4, -0.2) is 68.2 Å². The summed E-state index contributed by atoms with van der Waals surface area (Å²) >= 11 is 3.44. The van der Waals surface area contributed by atoms with Gasteiger partial charge in [-0.25, -0.2) is 8.42 Å². The topological polar surface area (TPSA) is 69.1 Å². The van der Waals surface area contributed by atoms with Crippen LogP contribution in [0.5, 0.6) is 0 Å². The van der Waals surface area contributed by atoms with Gasteiger partial charge in [0.25, 0.3) is 0 Å². The van der Waals surface area contributed by atoms with Crippen LogP contribution in [0.1, 0.15) is 24.8 Å². The van der Waals surface area contributed by atoms with Crippen molar-refractivity contribution in [3.8, 4) is 0 Å².